The van der Waals surface area contributed by atoms with Crippen LogP contribution in [0.25, 0.3) is 0 Å². The predicted octanol–water partition coefficient (Wildman–Crippen LogP) is 4.17. The van der Waals surface area contributed by atoms with Crippen molar-refractivity contribution in [1.82, 2.24) is 4.90 Å². The van der Waals surface area contributed by atoms with Gasteiger partial charge in [-0.2, -0.15) is 0 Å². The molecule has 188 valence electrons. The van der Waals surface area contributed by atoms with E-state index in [1.165, 1.54) is 38.5 Å². The first kappa shape index (κ1) is 31.2. The third kappa shape index (κ3) is 11.3. The monoisotopic (exact) mass is 477 g/mol. The van der Waals surface area contributed by atoms with E-state index in [4.69, 9.17) is 18.3 Å². The molecule has 7 heteroatoms. The van der Waals surface area contributed by atoms with Crippen molar-refractivity contribution in [3.8, 4) is 0 Å². The Morgan fingerprint density at radius 3 is 1.32 bits per heavy atom. The Balaban J connectivity index is 5.32. The highest BCUT2D eigenvalue weighted by atomic mass is 28.2. The van der Waals surface area contributed by atoms with Crippen LogP contribution < -0.4 is 0 Å². The molecule has 0 spiro atoms. The Morgan fingerprint density at radius 1 is 0.645 bits per heavy atom. The van der Waals surface area contributed by atoms with Gasteiger partial charge in [0.1, 0.15) is 0 Å². The van der Waals surface area contributed by atoms with Crippen molar-refractivity contribution in [2.45, 2.75) is 122 Å². The maximum atomic E-state index is 6.47. The largest absolute Gasteiger partial charge is 0.424 e. The molecule has 0 fully saturated rings. The minimum absolute atomic E-state index is 0.128. The van der Waals surface area contributed by atoms with E-state index >= 15 is 0 Å². The van der Waals surface area contributed by atoms with Crippen LogP contribution in [0.3, 0.4) is 0 Å². The lowest BCUT2D eigenvalue weighted by atomic mass is 9.93. The van der Waals surface area contributed by atoms with Crippen molar-refractivity contribution in [3.63, 3.8) is 0 Å². The summed E-state index contributed by atoms with van der Waals surface area (Å²) in [4.78, 5) is 2.59. The second kappa shape index (κ2) is 17.7. The summed E-state index contributed by atoms with van der Waals surface area (Å²) in [5, 5.41) is 0. The topological polar surface area (TPSA) is 40.2 Å². The summed E-state index contributed by atoms with van der Waals surface area (Å²) < 4.78 is 24.4. The van der Waals surface area contributed by atoms with Crippen molar-refractivity contribution < 1.29 is 18.3 Å². The van der Waals surface area contributed by atoms with Crippen LogP contribution >= 0.6 is 0 Å². The Morgan fingerprint density at radius 2 is 1.03 bits per heavy atom. The molecular formula is C24H55NO4Si2. The highest BCUT2D eigenvalue weighted by Crippen LogP contribution is 2.32. The van der Waals surface area contributed by atoms with E-state index in [1.54, 1.807) is 0 Å². The van der Waals surface area contributed by atoms with E-state index in [2.05, 4.69) is 53.4 Å². The molecule has 2 unspecified atom stereocenters. The van der Waals surface area contributed by atoms with Gasteiger partial charge in [0.25, 0.3) is 0 Å². The summed E-state index contributed by atoms with van der Waals surface area (Å²) in [6, 6.07) is 0. The Labute approximate surface area is 199 Å². The van der Waals surface area contributed by atoms with Crippen LogP contribution in [0.1, 0.15) is 99.8 Å². The van der Waals surface area contributed by atoms with Crippen LogP contribution in [0.5, 0.6) is 0 Å². The van der Waals surface area contributed by atoms with Crippen LogP contribution in [0.2, 0.25) is 0 Å². The average molecular weight is 478 g/mol. The maximum absolute atomic E-state index is 6.47. The van der Waals surface area contributed by atoms with Gasteiger partial charge in [0, 0.05) is 38.5 Å². The van der Waals surface area contributed by atoms with Gasteiger partial charge < -0.3 is 18.3 Å². The first-order chi connectivity index (χ1) is 14.7. The van der Waals surface area contributed by atoms with Gasteiger partial charge in [0.15, 0.2) is 19.5 Å². The van der Waals surface area contributed by atoms with Gasteiger partial charge in [0.2, 0.25) is 0 Å². The van der Waals surface area contributed by atoms with Crippen LogP contribution in [0, 0.1) is 0 Å². The number of ether oxygens (including phenoxy) is 2. The summed E-state index contributed by atoms with van der Waals surface area (Å²) >= 11 is 0. The molecule has 0 amide bonds. The molecule has 0 N–H and O–H groups in total. The van der Waals surface area contributed by atoms with Gasteiger partial charge >= 0.3 is 0 Å². The molecule has 0 saturated carbocycles. The highest BCUT2D eigenvalue weighted by molar-refractivity contribution is 6.30. The second-order valence-corrected chi connectivity index (χ2v) is 13.1. The lowest BCUT2D eigenvalue weighted by molar-refractivity contribution is -0.0998. The number of hydrogen-bond donors (Lipinski definition) is 0. The minimum Gasteiger partial charge on any atom is -0.424 e. The van der Waals surface area contributed by atoms with Gasteiger partial charge in [-0.05, 0) is 47.1 Å². The van der Waals surface area contributed by atoms with E-state index in [1.807, 2.05) is 14.2 Å². The number of likely N-dealkylation sites (N-methyl/N-ethyl adjacent to an activating group) is 1. The normalized spacial score (nSPS) is 15.7. The van der Waals surface area contributed by atoms with Gasteiger partial charge in [-0.3, -0.25) is 4.90 Å². The number of unbranched alkanes of at least 4 members (excludes halogenated alkanes) is 6. The quantitative estimate of drug-likeness (QED) is 0.183. The van der Waals surface area contributed by atoms with Gasteiger partial charge in [-0.15, -0.1) is 0 Å². The van der Waals surface area contributed by atoms with Crippen molar-refractivity contribution >= 4 is 19.5 Å². The Bertz CT molecular complexity index is 388. The number of nitrogens with zero attached hydrogens (tertiary/aromatic N) is 1. The summed E-state index contributed by atoms with van der Waals surface area (Å²) in [6.07, 6.45) is 9.83. The highest BCUT2D eigenvalue weighted by Gasteiger charge is 2.46. The molecule has 31 heavy (non-hydrogen) atoms. The van der Waals surface area contributed by atoms with E-state index in [0.717, 1.165) is 32.6 Å². The third-order valence-corrected chi connectivity index (χ3v) is 10.3. The summed E-state index contributed by atoms with van der Waals surface area (Å²) in [6.45, 7) is 18.7. The number of rotatable bonds is 21. The zero-order valence-electron chi connectivity index (χ0n) is 22.4. The van der Waals surface area contributed by atoms with Gasteiger partial charge in [-0.1, -0.05) is 59.3 Å². The SMILES string of the molecule is CCCCCCOC([SiH2]OC)C(C)(C)N(CC)C(C)(C)C(OCCCCCC)[SiH2]OC. The van der Waals surface area contributed by atoms with Crippen molar-refractivity contribution in [2.75, 3.05) is 34.0 Å². The van der Waals surface area contributed by atoms with Crippen molar-refractivity contribution in [3.05, 3.63) is 0 Å². The molecule has 0 rings (SSSR count). The molecule has 0 radical (unpaired) electrons. The van der Waals surface area contributed by atoms with E-state index < -0.39 is 19.5 Å². The zero-order chi connectivity index (χ0) is 23.8. The number of hydrogen-bond acceptors (Lipinski definition) is 5. The first-order valence-corrected chi connectivity index (χ1v) is 15.5. The molecular weight excluding hydrogens is 422 g/mol. The van der Waals surface area contributed by atoms with Gasteiger partial charge in [-0.25, -0.2) is 0 Å². The molecule has 0 aromatic carbocycles. The Hall–Kier alpha value is 0.234. The second-order valence-electron chi connectivity index (χ2n) is 9.80. The van der Waals surface area contributed by atoms with E-state index in [-0.39, 0.29) is 22.5 Å². The molecule has 0 aliphatic carbocycles. The lowest BCUT2D eigenvalue weighted by Gasteiger charge is -2.53. The maximum Gasteiger partial charge on any atom is 0.192 e. The van der Waals surface area contributed by atoms with Crippen LogP contribution in [-0.2, 0) is 18.3 Å². The summed E-state index contributed by atoms with van der Waals surface area (Å²) in [7, 11) is 2.05. The third-order valence-electron chi connectivity index (χ3n) is 6.55. The first-order valence-electron chi connectivity index (χ1n) is 12.7. The molecule has 0 aromatic heterocycles. The molecule has 0 saturated heterocycles. The molecule has 0 heterocycles. The minimum atomic E-state index is -0.804. The fourth-order valence-corrected chi connectivity index (χ4v) is 7.02. The van der Waals surface area contributed by atoms with Crippen LogP contribution in [-0.4, -0.2) is 80.9 Å². The Kier molecular flexibility index (Phi) is 17.8. The van der Waals surface area contributed by atoms with Crippen LogP contribution in [0.4, 0.5) is 0 Å². The molecule has 0 aliphatic rings. The molecule has 0 bridgehead atoms. The average Bonchev–Trinajstić information content (AvgIpc) is 2.71. The zero-order valence-corrected chi connectivity index (χ0v) is 25.3. The van der Waals surface area contributed by atoms with Crippen LogP contribution in [0.15, 0.2) is 0 Å². The molecule has 0 aliphatic heterocycles. The summed E-state index contributed by atoms with van der Waals surface area (Å²) in [5.41, 5.74) is 0.0366. The lowest BCUT2D eigenvalue weighted by Crippen LogP contribution is -2.67. The van der Waals surface area contributed by atoms with Crippen molar-refractivity contribution in [2.24, 2.45) is 0 Å². The van der Waals surface area contributed by atoms with Gasteiger partial charge in [0.05, 0.1) is 11.5 Å². The van der Waals surface area contributed by atoms with Crippen molar-refractivity contribution in [1.29, 1.82) is 0 Å². The molecule has 5 nitrogen and oxygen atoms in total. The standard InChI is InChI=1S/C24H55NO4Si2/c1-10-13-15-17-19-28-21(30-26-8)23(4,5)25(12-3)24(6,7)22(31-27-9)29-20-18-16-14-11-2/h21-22H,10-20,30-31H2,1-9H3. The molecule has 2 atom stereocenters. The van der Waals surface area contributed by atoms with E-state index in [9.17, 15) is 0 Å². The smallest absolute Gasteiger partial charge is 0.192 e. The predicted molar refractivity (Wildman–Crippen MR) is 139 cm³/mol. The van der Waals surface area contributed by atoms with E-state index in [0.29, 0.717) is 0 Å². The molecule has 0 aromatic rings. The summed E-state index contributed by atoms with van der Waals surface area (Å²) in [5.74, 6) is 0. The fourth-order valence-electron chi connectivity index (χ4n) is 4.63. The fraction of sp³-hybridized carbons (Fsp3) is 1.00.